The van der Waals surface area contributed by atoms with Crippen molar-refractivity contribution in [3.8, 4) is 6.07 Å². The van der Waals surface area contributed by atoms with E-state index in [-0.39, 0.29) is 5.91 Å². The van der Waals surface area contributed by atoms with Gasteiger partial charge in [0.05, 0.1) is 11.6 Å². The van der Waals surface area contributed by atoms with Gasteiger partial charge in [-0.15, -0.1) is 0 Å². The molecule has 2 aliphatic rings. The van der Waals surface area contributed by atoms with Crippen LogP contribution in [0.25, 0.3) is 0 Å². The fraction of sp³-hybridized carbons (Fsp3) is 0.579. The van der Waals surface area contributed by atoms with Crippen LogP contribution in [0, 0.1) is 11.3 Å². The molecule has 1 N–H and O–H groups in total. The Kier molecular flexibility index (Phi) is 5.49. The molecular weight excluding hydrogens is 300 g/mol. The molecule has 1 amide bonds. The van der Waals surface area contributed by atoms with E-state index in [1.807, 2.05) is 24.1 Å². The van der Waals surface area contributed by atoms with Crippen molar-refractivity contribution in [2.45, 2.75) is 44.3 Å². The Labute approximate surface area is 144 Å². The van der Waals surface area contributed by atoms with Gasteiger partial charge in [0.15, 0.2) is 0 Å². The van der Waals surface area contributed by atoms with Crippen LogP contribution in [-0.4, -0.2) is 54.5 Å². The SMILES string of the molecule is CN1CC(NC2CCN(Cc3ccc(C#N)cc3)CC2)CCC1=O. The zero-order valence-electron chi connectivity index (χ0n) is 14.4. The fourth-order valence-corrected chi connectivity index (χ4v) is 3.68. The molecule has 2 fully saturated rings. The molecule has 1 aromatic rings. The number of nitrogens with one attached hydrogen (secondary N) is 1. The summed E-state index contributed by atoms with van der Waals surface area (Å²) in [5.74, 6) is 0.269. The highest BCUT2D eigenvalue weighted by Crippen LogP contribution is 2.17. The van der Waals surface area contributed by atoms with Crippen molar-refractivity contribution >= 4 is 5.91 Å². The zero-order chi connectivity index (χ0) is 16.9. The number of likely N-dealkylation sites (tertiary alicyclic amines) is 2. The molecule has 0 aliphatic carbocycles. The molecule has 2 saturated heterocycles. The van der Waals surface area contributed by atoms with Gasteiger partial charge in [-0.1, -0.05) is 12.1 Å². The van der Waals surface area contributed by atoms with Crippen molar-refractivity contribution < 1.29 is 4.79 Å². The molecule has 0 aromatic heterocycles. The maximum atomic E-state index is 11.6. The summed E-state index contributed by atoms with van der Waals surface area (Å²) >= 11 is 0. The van der Waals surface area contributed by atoms with Gasteiger partial charge < -0.3 is 10.2 Å². The maximum absolute atomic E-state index is 11.6. The lowest BCUT2D eigenvalue weighted by Gasteiger charge is -2.37. The molecule has 0 saturated carbocycles. The third-order valence-corrected chi connectivity index (χ3v) is 5.17. The largest absolute Gasteiger partial charge is 0.344 e. The number of amides is 1. The molecule has 24 heavy (non-hydrogen) atoms. The molecule has 128 valence electrons. The minimum atomic E-state index is 0.269. The number of hydrogen-bond acceptors (Lipinski definition) is 4. The van der Waals surface area contributed by atoms with E-state index in [4.69, 9.17) is 5.26 Å². The second kappa shape index (κ2) is 7.78. The lowest BCUT2D eigenvalue weighted by Crippen LogP contribution is -2.52. The molecule has 0 spiro atoms. The molecular formula is C19H26N4O. The molecule has 5 heteroatoms. The van der Waals surface area contributed by atoms with Gasteiger partial charge in [0, 0.05) is 38.6 Å². The highest BCUT2D eigenvalue weighted by atomic mass is 16.2. The molecule has 0 bridgehead atoms. The van der Waals surface area contributed by atoms with Crippen LogP contribution in [0.5, 0.6) is 0 Å². The number of hydrogen-bond donors (Lipinski definition) is 1. The van der Waals surface area contributed by atoms with E-state index >= 15 is 0 Å². The molecule has 1 aromatic carbocycles. The average Bonchev–Trinajstić information content (AvgIpc) is 2.61. The van der Waals surface area contributed by atoms with Crippen LogP contribution in [0.3, 0.4) is 0 Å². The van der Waals surface area contributed by atoms with Gasteiger partial charge in [0.2, 0.25) is 5.91 Å². The first-order valence-electron chi connectivity index (χ1n) is 8.85. The lowest BCUT2D eigenvalue weighted by atomic mass is 9.99. The predicted molar refractivity (Wildman–Crippen MR) is 93.3 cm³/mol. The van der Waals surface area contributed by atoms with Gasteiger partial charge in [-0.2, -0.15) is 5.26 Å². The fourth-order valence-electron chi connectivity index (χ4n) is 3.68. The summed E-state index contributed by atoms with van der Waals surface area (Å²) in [6.45, 7) is 3.99. The number of piperidine rings is 2. The quantitative estimate of drug-likeness (QED) is 0.915. The lowest BCUT2D eigenvalue weighted by molar-refractivity contribution is -0.132. The normalized spacial score (nSPS) is 23.2. The molecule has 2 heterocycles. The van der Waals surface area contributed by atoms with E-state index in [1.54, 1.807) is 0 Å². The topological polar surface area (TPSA) is 59.4 Å². The molecule has 3 rings (SSSR count). The summed E-state index contributed by atoms with van der Waals surface area (Å²) in [5, 5.41) is 12.6. The van der Waals surface area contributed by atoms with Crippen LogP contribution in [0.4, 0.5) is 0 Å². The van der Waals surface area contributed by atoms with Crippen molar-refractivity contribution in [3.63, 3.8) is 0 Å². The van der Waals surface area contributed by atoms with Crippen LogP contribution in [0.15, 0.2) is 24.3 Å². The van der Waals surface area contributed by atoms with E-state index in [1.165, 1.54) is 5.56 Å². The second-order valence-electron chi connectivity index (χ2n) is 7.04. The first-order valence-corrected chi connectivity index (χ1v) is 8.85. The molecule has 1 atom stereocenters. The van der Waals surface area contributed by atoms with Gasteiger partial charge in [-0.25, -0.2) is 0 Å². The number of rotatable bonds is 4. The Morgan fingerprint density at radius 2 is 1.88 bits per heavy atom. The van der Waals surface area contributed by atoms with Gasteiger partial charge >= 0.3 is 0 Å². The number of carbonyl (C=O) groups is 1. The van der Waals surface area contributed by atoms with Crippen LogP contribution in [0.1, 0.15) is 36.8 Å². The molecule has 1 unspecified atom stereocenters. The van der Waals surface area contributed by atoms with E-state index in [0.29, 0.717) is 18.5 Å². The smallest absolute Gasteiger partial charge is 0.222 e. The Balaban J connectivity index is 1.42. The van der Waals surface area contributed by atoms with Crippen molar-refractivity contribution in [2.75, 3.05) is 26.7 Å². The summed E-state index contributed by atoms with van der Waals surface area (Å²) in [6, 6.07) is 11.1. The highest BCUT2D eigenvalue weighted by molar-refractivity contribution is 5.76. The van der Waals surface area contributed by atoms with Gasteiger partial charge in [-0.05, 0) is 50.0 Å². The summed E-state index contributed by atoms with van der Waals surface area (Å²) in [6.07, 6.45) is 3.95. The monoisotopic (exact) mass is 326 g/mol. The third kappa shape index (κ3) is 4.34. The predicted octanol–water partition coefficient (Wildman–Crippen LogP) is 1.73. The zero-order valence-corrected chi connectivity index (χ0v) is 14.4. The number of nitriles is 1. The number of carbonyl (C=O) groups excluding carboxylic acids is 1. The Morgan fingerprint density at radius 3 is 2.50 bits per heavy atom. The third-order valence-electron chi connectivity index (χ3n) is 5.17. The number of benzene rings is 1. The highest BCUT2D eigenvalue weighted by Gasteiger charge is 2.26. The molecule has 2 aliphatic heterocycles. The van der Waals surface area contributed by atoms with Crippen LogP contribution >= 0.6 is 0 Å². The van der Waals surface area contributed by atoms with Crippen LogP contribution in [-0.2, 0) is 11.3 Å². The summed E-state index contributed by atoms with van der Waals surface area (Å²) in [5.41, 5.74) is 1.99. The number of likely N-dealkylation sites (N-methyl/N-ethyl adjacent to an activating group) is 1. The van der Waals surface area contributed by atoms with Crippen LogP contribution < -0.4 is 5.32 Å². The first kappa shape index (κ1) is 16.9. The summed E-state index contributed by atoms with van der Waals surface area (Å²) < 4.78 is 0. The summed E-state index contributed by atoms with van der Waals surface area (Å²) in [4.78, 5) is 15.9. The number of nitrogens with zero attached hydrogens (tertiary/aromatic N) is 3. The van der Waals surface area contributed by atoms with E-state index in [2.05, 4.69) is 28.4 Å². The van der Waals surface area contributed by atoms with E-state index in [0.717, 1.165) is 51.0 Å². The van der Waals surface area contributed by atoms with Gasteiger partial charge in [0.25, 0.3) is 0 Å². The maximum Gasteiger partial charge on any atom is 0.222 e. The minimum Gasteiger partial charge on any atom is -0.344 e. The Morgan fingerprint density at radius 1 is 1.17 bits per heavy atom. The summed E-state index contributed by atoms with van der Waals surface area (Å²) in [7, 11) is 1.90. The minimum absolute atomic E-state index is 0.269. The second-order valence-corrected chi connectivity index (χ2v) is 7.04. The van der Waals surface area contributed by atoms with Gasteiger partial charge in [-0.3, -0.25) is 9.69 Å². The van der Waals surface area contributed by atoms with E-state index in [9.17, 15) is 4.79 Å². The average molecular weight is 326 g/mol. The van der Waals surface area contributed by atoms with Crippen molar-refractivity contribution in [2.24, 2.45) is 0 Å². The molecule has 0 radical (unpaired) electrons. The van der Waals surface area contributed by atoms with Crippen molar-refractivity contribution in [1.29, 1.82) is 5.26 Å². The molecule has 5 nitrogen and oxygen atoms in total. The van der Waals surface area contributed by atoms with Crippen molar-refractivity contribution in [3.05, 3.63) is 35.4 Å². The first-order chi connectivity index (χ1) is 11.6. The van der Waals surface area contributed by atoms with Crippen molar-refractivity contribution in [1.82, 2.24) is 15.1 Å². The van der Waals surface area contributed by atoms with Crippen LogP contribution in [0.2, 0.25) is 0 Å². The van der Waals surface area contributed by atoms with E-state index < -0.39 is 0 Å². The Hall–Kier alpha value is -1.90. The van der Waals surface area contributed by atoms with Gasteiger partial charge in [0.1, 0.15) is 0 Å². The standard InChI is InChI=1S/C19H26N4O/c1-22-14-18(6-7-19(22)24)21-17-8-10-23(11-9-17)13-16-4-2-15(12-20)3-5-16/h2-5,17-18,21H,6-11,13-14H2,1H3. The Bertz CT molecular complexity index is 599.